The predicted molar refractivity (Wildman–Crippen MR) is 116 cm³/mol. The molecule has 0 aliphatic heterocycles. The number of rotatable bonds is 8. The normalized spacial score (nSPS) is 10.4. The maximum absolute atomic E-state index is 12.7. The second-order valence-electron chi connectivity index (χ2n) is 6.73. The van der Waals surface area contributed by atoms with Gasteiger partial charge in [0.05, 0.1) is 7.11 Å². The molecule has 6 nitrogen and oxygen atoms in total. The molecule has 2 aromatic carbocycles. The van der Waals surface area contributed by atoms with E-state index in [4.69, 9.17) is 4.74 Å². The number of nitrogens with zero attached hydrogens (tertiary/aromatic N) is 2. The summed E-state index contributed by atoms with van der Waals surface area (Å²) in [7, 11) is 1.65. The molecule has 150 valence electrons. The molecule has 2 N–H and O–H groups in total. The van der Waals surface area contributed by atoms with E-state index in [9.17, 15) is 4.79 Å². The van der Waals surface area contributed by atoms with Gasteiger partial charge in [0.2, 0.25) is 0 Å². The van der Waals surface area contributed by atoms with Crippen LogP contribution in [0.1, 0.15) is 34.1 Å². The smallest absolute Gasteiger partial charge is 0.274 e. The first kappa shape index (κ1) is 20.3. The van der Waals surface area contributed by atoms with Gasteiger partial charge in [-0.25, -0.2) is 9.97 Å². The minimum atomic E-state index is -0.241. The number of carbonyl (C=O) groups is 1. The quantitative estimate of drug-likeness (QED) is 0.601. The van der Waals surface area contributed by atoms with E-state index in [2.05, 4.69) is 27.5 Å². The van der Waals surface area contributed by atoms with Crippen molar-refractivity contribution in [1.82, 2.24) is 9.97 Å². The minimum absolute atomic E-state index is 0.241. The first-order chi connectivity index (χ1) is 14.1. The highest BCUT2D eigenvalue weighted by molar-refractivity contribution is 6.04. The van der Waals surface area contributed by atoms with Crippen molar-refractivity contribution >= 4 is 17.4 Å². The van der Waals surface area contributed by atoms with Gasteiger partial charge < -0.3 is 15.4 Å². The van der Waals surface area contributed by atoms with Crippen LogP contribution in [0.25, 0.3) is 0 Å². The van der Waals surface area contributed by atoms with Crippen molar-refractivity contribution in [2.45, 2.75) is 26.7 Å². The molecule has 1 amide bonds. The Morgan fingerprint density at radius 2 is 1.90 bits per heavy atom. The Bertz CT molecular complexity index is 971. The van der Waals surface area contributed by atoms with Crippen molar-refractivity contribution in [3.05, 3.63) is 77.2 Å². The van der Waals surface area contributed by atoms with Crippen molar-refractivity contribution in [1.29, 1.82) is 0 Å². The summed E-state index contributed by atoms with van der Waals surface area (Å²) < 4.78 is 5.17. The van der Waals surface area contributed by atoms with Crippen molar-refractivity contribution in [2.24, 2.45) is 0 Å². The lowest BCUT2D eigenvalue weighted by molar-refractivity contribution is 0.102. The molecule has 0 radical (unpaired) electrons. The lowest BCUT2D eigenvalue weighted by atomic mass is 10.1. The van der Waals surface area contributed by atoms with E-state index in [-0.39, 0.29) is 5.91 Å². The van der Waals surface area contributed by atoms with Crippen molar-refractivity contribution < 1.29 is 9.53 Å². The Morgan fingerprint density at radius 1 is 1.10 bits per heavy atom. The number of carbonyl (C=O) groups excluding carboxylic acids is 1. The van der Waals surface area contributed by atoms with Crippen molar-refractivity contribution in [3.63, 3.8) is 0 Å². The van der Waals surface area contributed by atoms with E-state index < -0.39 is 0 Å². The number of benzene rings is 2. The molecule has 1 aromatic heterocycles. The molecule has 0 saturated heterocycles. The molecule has 3 aromatic rings. The number of nitrogens with one attached hydrogen (secondary N) is 2. The van der Waals surface area contributed by atoms with Crippen LogP contribution in [-0.2, 0) is 12.8 Å². The van der Waals surface area contributed by atoms with Crippen LogP contribution in [0.15, 0.2) is 54.9 Å². The minimum Gasteiger partial charge on any atom is -0.497 e. The zero-order valence-electron chi connectivity index (χ0n) is 17.0. The molecule has 3 rings (SSSR count). The Hall–Kier alpha value is -3.41. The second kappa shape index (κ2) is 9.68. The highest BCUT2D eigenvalue weighted by Crippen LogP contribution is 2.22. The van der Waals surface area contributed by atoms with Crippen LogP contribution in [0.2, 0.25) is 0 Å². The lowest BCUT2D eigenvalue weighted by Gasteiger charge is -2.13. The van der Waals surface area contributed by atoms with Crippen LogP contribution < -0.4 is 15.4 Å². The molecule has 1 heterocycles. The number of hydrogen-bond acceptors (Lipinski definition) is 5. The second-order valence-corrected chi connectivity index (χ2v) is 6.73. The van der Waals surface area contributed by atoms with Gasteiger partial charge in [0.1, 0.15) is 23.6 Å². The van der Waals surface area contributed by atoms with Gasteiger partial charge in [-0.3, -0.25) is 4.79 Å². The summed E-state index contributed by atoms with van der Waals surface area (Å²) in [6, 6.07) is 15.6. The van der Waals surface area contributed by atoms with Crippen LogP contribution >= 0.6 is 0 Å². The summed E-state index contributed by atoms with van der Waals surface area (Å²) in [6.45, 7) is 4.75. The highest BCUT2D eigenvalue weighted by atomic mass is 16.5. The maximum Gasteiger partial charge on any atom is 0.274 e. The Balaban J connectivity index is 1.62. The van der Waals surface area contributed by atoms with E-state index in [0.29, 0.717) is 18.1 Å². The van der Waals surface area contributed by atoms with E-state index >= 15 is 0 Å². The van der Waals surface area contributed by atoms with Crippen LogP contribution in [0, 0.1) is 6.92 Å². The van der Waals surface area contributed by atoms with E-state index in [0.717, 1.165) is 35.4 Å². The van der Waals surface area contributed by atoms with Crippen LogP contribution in [0.5, 0.6) is 5.75 Å². The molecule has 0 unspecified atom stereocenters. The van der Waals surface area contributed by atoms with Crippen LogP contribution in [0.4, 0.5) is 11.5 Å². The third-order valence-electron chi connectivity index (χ3n) is 4.76. The van der Waals surface area contributed by atoms with Gasteiger partial charge in [-0.05, 0) is 48.6 Å². The largest absolute Gasteiger partial charge is 0.497 e. The van der Waals surface area contributed by atoms with E-state index in [1.807, 2.05) is 49.4 Å². The summed E-state index contributed by atoms with van der Waals surface area (Å²) in [4.78, 5) is 21.0. The summed E-state index contributed by atoms with van der Waals surface area (Å²) in [5.74, 6) is 1.22. The third-order valence-corrected chi connectivity index (χ3v) is 4.76. The number of hydrogen-bond donors (Lipinski definition) is 2. The standard InChI is InChI=1S/C23H26N4O2/c1-4-18-7-5-6-16(2)22(18)27-23(28)20-14-21(26-15-25-20)24-13-12-17-8-10-19(29-3)11-9-17/h5-11,14-15H,4,12-13H2,1-3H3,(H,27,28)(H,24,25,26). The number of ether oxygens (including phenoxy) is 1. The number of anilines is 2. The first-order valence-electron chi connectivity index (χ1n) is 9.69. The molecule has 0 aliphatic rings. The van der Waals surface area contributed by atoms with Crippen molar-refractivity contribution in [2.75, 3.05) is 24.3 Å². The van der Waals surface area contributed by atoms with Crippen LogP contribution in [-0.4, -0.2) is 29.5 Å². The topological polar surface area (TPSA) is 76.1 Å². The summed E-state index contributed by atoms with van der Waals surface area (Å²) in [5, 5.41) is 6.25. The number of para-hydroxylation sites is 1. The third kappa shape index (κ3) is 5.31. The number of methoxy groups -OCH3 is 1. The maximum atomic E-state index is 12.7. The summed E-state index contributed by atoms with van der Waals surface area (Å²) >= 11 is 0. The molecule has 0 spiro atoms. The first-order valence-corrected chi connectivity index (χ1v) is 9.69. The van der Waals surface area contributed by atoms with Gasteiger partial charge in [0, 0.05) is 18.3 Å². The molecule has 6 heteroatoms. The number of aromatic nitrogens is 2. The number of aryl methyl sites for hydroxylation is 2. The monoisotopic (exact) mass is 390 g/mol. The van der Waals surface area contributed by atoms with Crippen molar-refractivity contribution in [3.8, 4) is 5.75 Å². The van der Waals surface area contributed by atoms with Gasteiger partial charge in [0.15, 0.2) is 0 Å². The molecule has 0 bridgehead atoms. The molecule has 0 saturated carbocycles. The van der Waals surface area contributed by atoms with Gasteiger partial charge in [-0.1, -0.05) is 37.3 Å². The number of amides is 1. The zero-order chi connectivity index (χ0) is 20.6. The fourth-order valence-electron chi connectivity index (χ4n) is 3.08. The fourth-order valence-corrected chi connectivity index (χ4v) is 3.08. The van der Waals surface area contributed by atoms with E-state index in [1.165, 1.54) is 11.9 Å². The average Bonchev–Trinajstić information content (AvgIpc) is 2.75. The van der Waals surface area contributed by atoms with E-state index in [1.54, 1.807) is 13.2 Å². The SMILES string of the molecule is CCc1cccc(C)c1NC(=O)c1cc(NCCc2ccc(OC)cc2)ncn1. The Labute approximate surface area is 171 Å². The average molecular weight is 390 g/mol. The lowest BCUT2D eigenvalue weighted by Crippen LogP contribution is -2.17. The Morgan fingerprint density at radius 3 is 2.62 bits per heavy atom. The highest BCUT2D eigenvalue weighted by Gasteiger charge is 2.12. The van der Waals surface area contributed by atoms with Gasteiger partial charge in [-0.15, -0.1) is 0 Å². The molecular formula is C23H26N4O2. The van der Waals surface area contributed by atoms with Gasteiger partial charge >= 0.3 is 0 Å². The molecule has 0 atom stereocenters. The predicted octanol–water partition coefficient (Wildman–Crippen LogP) is 4.26. The van der Waals surface area contributed by atoms with Gasteiger partial charge in [-0.2, -0.15) is 0 Å². The molecule has 29 heavy (non-hydrogen) atoms. The molecular weight excluding hydrogens is 364 g/mol. The molecule has 0 aliphatic carbocycles. The summed E-state index contributed by atoms with van der Waals surface area (Å²) in [6.07, 6.45) is 3.08. The zero-order valence-corrected chi connectivity index (χ0v) is 17.0. The van der Waals surface area contributed by atoms with Gasteiger partial charge in [0.25, 0.3) is 5.91 Å². The Kier molecular flexibility index (Phi) is 6.79. The summed E-state index contributed by atoms with van der Waals surface area (Å²) in [5.41, 5.74) is 4.51. The van der Waals surface area contributed by atoms with Crippen LogP contribution in [0.3, 0.4) is 0 Å². The fraction of sp³-hybridized carbons (Fsp3) is 0.261. The molecule has 0 fully saturated rings.